The van der Waals surface area contributed by atoms with E-state index in [1.807, 2.05) is 48.0 Å². The van der Waals surface area contributed by atoms with Gasteiger partial charge in [0.1, 0.15) is 12.6 Å². The molecule has 1 aromatic heterocycles. The molecule has 2 heterocycles. The number of rotatable bonds is 8. The zero-order valence-corrected chi connectivity index (χ0v) is 23.2. The molecule has 10 heteroatoms. The average molecular weight is 590 g/mol. The number of fused-ring (bicyclic) bond motifs is 1. The van der Waals surface area contributed by atoms with Crippen molar-refractivity contribution in [2.45, 2.75) is 50.9 Å². The van der Waals surface area contributed by atoms with E-state index in [1.54, 1.807) is 11.8 Å². The summed E-state index contributed by atoms with van der Waals surface area (Å²) >= 11 is 11.3. The first kappa shape index (κ1) is 25.2. The Morgan fingerprint density at radius 2 is 2.00 bits per heavy atom. The lowest BCUT2D eigenvalue weighted by molar-refractivity contribution is -0.116. The molecule has 1 unspecified atom stereocenters. The number of allylic oxidation sites excluding steroid dienone is 2. The monoisotopic (exact) mass is 588 g/mol. The Morgan fingerprint density at radius 1 is 1.19 bits per heavy atom. The molecule has 1 aliphatic carbocycles. The van der Waals surface area contributed by atoms with Crippen molar-refractivity contribution in [1.82, 2.24) is 14.8 Å². The summed E-state index contributed by atoms with van der Waals surface area (Å²) in [5.74, 6) is 2.86. The number of carbonyl (C=O) groups is 1. The molecular weight excluding hydrogens is 564 g/mol. The van der Waals surface area contributed by atoms with Gasteiger partial charge in [0.2, 0.25) is 11.1 Å². The Kier molecular flexibility index (Phi) is 7.60. The van der Waals surface area contributed by atoms with E-state index < -0.39 is 6.04 Å². The van der Waals surface area contributed by atoms with Gasteiger partial charge < -0.3 is 14.8 Å². The molecule has 0 bridgehead atoms. The first-order valence-corrected chi connectivity index (χ1v) is 14.1. The van der Waals surface area contributed by atoms with Crippen LogP contribution in [0.15, 0.2) is 57.3 Å². The average Bonchev–Trinajstić information content (AvgIpc) is 3.25. The summed E-state index contributed by atoms with van der Waals surface area (Å²) in [4.78, 5) is 17.8. The maximum absolute atomic E-state index is 13.2. The van der Waals surface area contributed by atoms with E-state index in [2.05, 4.69) is 33.2 Å². The Balaban J connectivity index is 1.56. The van der Waals surface area contributed by atoms with Crippen LogP contribution in [0.4, 0.5) is 5.95 Å². The molecule has 0 saturated heterocycles. The van der Waals surface area contributed by atoms with E-state index in [9.17, 15) is 4.79 Å². The number of hydrogen-bond donors (Lipinski definition) is 1. The molecule has 5 rings (SSSR count). The second kappa shape index (κ2) is 10.9. The summed E-state index contributed by atoms with van der Waals surface area (Å²) in [6, 6.07) is 11.1. The predicted molar refractivity (Wildman–Crippen MR) is 145 cm³/mol. The molecule has 0 fully saturated rings. The molecule has 2 aliphatic rings. The minimum Gasteiger partial charge on any atom is -0.490 e. The SMILES string of the molecule is CCOc1cc(C2C3=C(CCCC3=O)Nc3nc(SCC)nn32)cc(Br)c1OCc1ccc(Cl)cc1. The van der Waals surface area contributed by atoms with Crippen LogP contribution in [-0.2, 0) is 11.4 Å². The van der Waals surface area contributed by atoms with Gasteiger partial charge in [-0.3, -0.25) is 4.79 Å². The van der Waals surface area contributed by atoms with Gasteiger partial charge in [-0.25, -0.2) is 4.68 Å². The van der Waals surface area contributed by atoms with Gasteiger partial charge in [0.05, 0.1) is 11.1 Å². The maximum atomic E-state index is 13.2. The van der Waals surface area contributed by atoms with Crippen LogP contribution in [0.5, 0.6) is 11.5 Å². The Morgan fingerprint density at radius 3 is 2.75 bits per heavy atom. The molecule has 0 amide bonds. The normalized spacial score (nSPS) is 16.9. The summed E-state index contributed by atoms with van der Waals surface area (Å²) in [7, 11) is 0. The number of ketones is 1. The number of ether oxygens (including phenoxy) is 2. The highest BCUT2D eigenvalue weighted by molar-refractivity contribution is 9.10. The highest BCUT2D eigenvalue weighted by Gasteiger charge is 2.37. The van der Waals surface area contributed by atoms with E-state index >= 15 is 0 Å². The van der Waals surface area contributed by atoms with Crippen molar-refractivity contribution < 1.29 is 14.3 Å². The largest absolute Gasteiger partial charge is 0.490 e. The highest BCUT2D eigenvalue weighted by atomic mass is 79.9. The lowest BCUT2D eigenvalue weighted by atomic mass is 9.85. The molecule has 1 aliphatic heterocycles. The van der Waals surface area contributed by atoms with Crippen LogP contribution < -0.4 is 14.8 Å². The number of aromatic nitrogens is 3. The molecule has 0 radical (unpaired) electrons. The van der Waals surface area contributed by atoms with Crippen LogP contribution in [0.3, 0.4) is 0 Å². The Labute approximate surface area is 227 Å². The molecule has 0 spiro atoms. The van der Waals surface area contributed by atoms with E-state index in [1.165, 1.54) is 0 Å². The second-order valence-corrected chi connectivity index (χ2v) is 11.0. The van der Waals surface area contributed by atoms with Gasteiger partial charge >= 0.3 is 0 Å². The van der Waals surface area contributed by atoms with Crippen molar-refractivity contribution in [2.75, 3.05) is 17.7 Å². The minimum absolute atomic E-state index is 0.136. The number of Topliss-reactive ketones (excluding diaryl/α,β-unsaturated/α-hetero) is 1. The summed E-state index contributed by atoms with van der Waals surface area (Å²) < 4.78 is 14.8. The smallest absolute Gasteiger partial charge is 0.227 e. The Bertz CT molecular complexity index is 1330. The molecule has 7 nitrogen and oxygen atoms in total. The summed E-state index contributed by atoms with van der Waals surface area (Å²) in [6.07, 6.45) is 2.16. The molecule has 1 atom stereocenters. The number of benzene rings is 2. The van der Waals surface area contributed by atoms with E-state index in [4.69, 9.17) is 26.2 Å². The number of nitrogens with one attached hydrogen (secondary N) is 1. The van der Waals surface area contributed by atoms with Crippen molar-refractivity contribution in [1.29, 1.82) is 0 Å². The van der Waals surface area contributed by atoms with Gasteiger partial charge in [-0.15, -0.1) is 5.10 Å². The first-order chi connectivity index (χ1) is 17.5. The number of hydrogen-bond acceptors (Lipinski definition) is 7. The molecular formula is C26H26BrClN4O3S. The second-order valence-electron chi connectivity index (χ2n) is 8.47. The quantitative estimate of drug-likeness (QED) is 0.289. The van der Waals surface area contributed by atoms with Gasteiger partial charge in [0.15, 0.2) is 17.3 Å². The van der Waals surface area contributed by atoms with Gasteiger partial charge in [0, 0.05) is 22.7 Å². The first-order valence-electron chi connectivity index (χ1n) is 11.9. The number of thioether (sulfide) groups is 1. The maximum Gasteiger partial charge on any atom is 0.227 e. The van der Waals surface area contributed by atoms with Gasteiger partial charge in [-0.2, -0.15) is 4.98 Å². The van der Waals surface area contributed by atoms with E-state index in [0.29, 0.717) is 47.3 Å². The molecule has 2 aromatic carbocycles. The van der Waals surface area contributed by atoms with Crippen molar-refractivity contribution in [3.05, 3.63) is 68.3 Å². The van der Waals surface area contributed by atoms with Crippen molar-refractivity contribution >= 4 is 51.0 Å². The molecule has 188 valence electrons. The number of carbonyl (C=O) groups excluding carboxylic acids is 1. The number of halogens is 2. The summed E-state index contributed by atoms with van der Waals surface area (Å²) in [6.45, 7) is 4.83. The zero-order valence-electron chi connectivity index (χ0n) is 20.0. The van der Waals surface area contributed by atoms with Crippen LogP contribution in [0.2, 0.25) is 5.02 Å². The van der Waals surface area contributed by atoms with Gasteiger partial charge in [0.25, 0.3) is 0 Å². The lowest BCUT2D eigenvalue weighted by Gasteiger charge is -2.32. The molecule has 1 N–H and O–H groups in total. The molecule has 36 heavy (non-hydrogen) atoms. The molecule has 3 aromatic rings. The third-order valence-electron chi connectivity index (χ3n) is 6.07. The predicted octanol–water partition coefficient (Wildman–Crippen LogP) is 6.81. The van der Waals surface area contributed by atoms with Crippen LogP contribution in [0.1, 0.15) is 50.3 Å². The van der Waals surface area contributed by atoms with E-state index in [0.717, 1.165) is 45.5 Å². The van der Waals surface area contributed by atoms with Crippen LogP contribution >= 0.6 is 39.3 Å². The fraction of sp³-hybridized carbons (Fsp3) is 0.346. The van der Waals surface area contributed by atoms with Crippen molar-refractivity contribution in [3.8, 4) is 11.5 Å². The molecule has 0 saturated carbocycles. The Hall–Kier alpha value is -2.49. The van der Waals surface area contributed by atoms with Crippen LogP contribution in [0.25, 0.3) is 0 Å². The van der Waals surface area contributed by atoms with Gasteiger partial charge in [-0.1, -0.05) is 42.4 Å². The third kappa shape index (κ3) is 5.01. The fourth-order valence-corrected chi connectivity index (χ4v) is 5.78. The van der Waals surface area contributed by atoms with Crippen LogP contribution in [-0.4, -0.2) is 32.9 Å². The van der Waals surface area contributed by atoms with Crippen molar-refractivity contribution in [3.63, 3.8) is 0 Å². The summed E-state index contributed by atoms with van der Waals surface area (Å²) in [5.41, 5.74) is 3.55. The number of nitrogens with zero attached hydrogens (tertiary/aromatic N) is 3. The summed E-state index contributed by atoms with van der Waals surface area (Å²) in [5, 5.41) is 9.50. The lowest BCUT2D eigenvalue weighted by Crippen LogP contribution is -2.31. The van der Waals surface area contributed by atoms with Crippen molar-refractivity contribution in [2.24, 2.45) is 0 Å². The zero-order chi connectivity index (χ0) is 25.2. The third-order valence-corrected chi connectivity index (χ3v) is 7.63. The standard InChI is InChI=1S/C26H26BrClN4O3S/c1-3-34-21-13-16(12-18(27)24(21)35-14-15-8-10-17(28)11-9-15)23-22-19(6-5-7-20(22)33)29-25-30-26(36-4-2)31-32(23)25/h8-13,23H,3-7,14H2,1-2H3,(H,29,30,31). The highest BCUT2D eigenvalue weighted by Crippen LogP contribution is 2.45. The van der Waals surface area contributed by atoms with Gasteiger partial charge in [-0.05, 0) is 76.8 Å². The topological polar surface area (TPSA) is 78.3 Å². The van der Waals surface area contributed by atoms with E-state index in [-0.39, 0.29) is 5.78 Å². The minimum atomic E-state index is -0.399. The van der Waals surface area contributed by atoms with Crippen LogP contribution in [0, 0.1) is 0 Å². The number of anilines is 1. The fourth-order valence-electron chi connectivity index (χ4n) is 4.52.